The molecular formula is C19H31NO. The summed E-state index contributed by atoms with van der Waals surface area (Å²) in [6.45, 7) is 6.18. The number of hydrogen-bond donors (Lipinski definition) is 1. The summed E-state index contributed by atoms with van der Waals surface area (Å²) in [6, 6.07) is 7.85. The molecule has 21 heavy (non-hydrogen) atoms. The minimum atomic E-state index is 0.374. The Morgan fingerprint density at radius 3 is 2.38 bits per heavy atom. The van der Waals surface area contributed by atoms with Crippen molar-refractivity contribution in [3.05, 3.63) is 29.8 Å². The van der Waals surface area contributed by atoms with E-state index >= 15 is 0 Å². The number of unbranched alkanes of at least 4 members (excludes halogenated alkanes) is 1. The fraction of sp³-hybridized carbons (Fsp3) is 0.684. The lowest BCUT2D eigenvalue weighted by atomic mass is 9.89. The second-order valence-electron chi connectivity index (χ2n) is 6.48. The van der Waals surface area contributed by atoms with Gasteiger partial charge in [0.15, 0.2) is 0 Å². The van der Waals surface area contributed by atoms with Crippen LogP contribution in [-0.2, 0) is 0 Å². The zero-order chi connectivity index (χ0) is 14.9. The highest BCUT2D eigenvalue weighted by Crippen LogP contribution is 2.28. The van der Waals surface area contributed by atoms with E-state index < -0.39 is 0 Å². The topological polar surface area (TPSA) is 23.5 Å². The molecule has 1 aromatic rings. The maximum absolute atomic E-state index is 9.42. The van der Waals surface area contributed by atoms with Crippen molar-refractivity contribution in [1.82, 2.24) is 4.90 Å². The van der Waals surface area contributed by atoms with E-state index in [4.69, 9.17) is 0 Å². The molecule has 1 heterocycles. The van der Waals surface area contributed by atoms with Gasteiger partial charge in [0.25, 0.3) is 0 Å². The van der Waals surface area contributed by atoms with Gasteiger partial charge in [-0.2, -0.15) is 0 Å². The maximum Gasteiger partial charge on any atom is 0.115 e. The molecule has 1 aliphatic rings. The highest BCUT2D eigenvalue weighted by Gasteiger charge is 2.12. The molecule has 1 aliphatic heterocycles. The summed E-state index contributed by atoms with van der Waals surface area (Å²) >= 11 is 0. The van der Waals surface area contributed by atoms with Crippen LogP contribution in [0.1, 0.15) is 69.8 Å². The molecule has 0 aromatic heterocycles. The summed E-state index contributed by atoms with van der Waals surface area (Å²) in [7, 11) is 0. The van der Waals surface area contributed by atoms with E-state index in [-0.39, 0.29) is 0 Å². The highest BCUT2D eigenvalue weighted by molar-refractivity contribution is 5.28. The summed E-state index contributed by atoms with van der Waals surface area (Å²) in [4.78, 5) is 2.64. The molecular weight excluding hydrogens is 258 g/mol. The van der Waals surface area contributed by atoms with Crippen molar-refractivity contribution in [2.75, 3.05) is 19.6 Å². The van der Waals surface area contributed by atoms with Gasteiger partial charge in [-0.3, -0.25) is 0 Å². The number of nitrogens with zero attached hydrogens (tertiary/aromatic N) is 1. The molecule has 1 N–H and O–H groups in total. The first-order valence-electron chi connectivity index (χ1n) is 8.81. The molecule has 0 amide bonds. The van der Waals surface area contributed by atoms with Crippen LogP contribution in [0.5, 0.6) is 5.75 Å². The van der Waals surface area contributed by atoms with Crippen LogP contribution in [-0.4, -0.2) is 29.6 Å². The predicted molar refractivity (Wildman–Crippen MR) is 89.9 cm³/mol. The number of aromatic hydroxyl groups is 1. The molecule has 118 valence electrons. The Morgan fingerprint density at radius 1 is 1.00 bits per heavy atom. The van der Waals surface area contributed by atoms with Gasteiger partial charge in [0, 0.05) is 0 Å². The van der Waals surface area contributed by atoms with Gasteiger partial charge in [0.2, 0.25) is 0 Å². The van der Waals surface area contributed by atoms with Crippen LogP contribution in [0.15, 0.2) is 24.3 Å². The third kappa shape index (κ3) is 5.70. The molecule has 0 spiro atoms. The van der Waals surface area contributed by atoms with Gasteiger partial charge in [-0.1, -0.05) is 38.3 Å². The number of benzene rings is 1. The zero-order valence-electron chi connectivity index (χ0n) is 13.6. The summed E-state index contributed by atoms with van der Waals surface area (Å²) in [5.41, 5.74) is 1.40. The van der Waals surface area contributed by atoms with Crippen LogP contribution in [0.2, 0.25) is 0 Å². The lowest BCUT2D eigenvalue weighted by molar-refractivity contribution is 0.223. The zero-order valence-corrected chi connectivity index (χ0v) is 13.6. The van der Waals surface area contributed by atoms with E-state index in [0.717, 1.165) is 0 Å². The van der Waals surface area contributed by atoms with Crippen molar-refractivity contribution in [2.45, 2.75) is 64.2 Å². The molecule has 2 nitrogen and oxygen atoms in total. The third-order valence-electron chi connectivity index (χ3n) is 4.73. The molecule has 1 aromatic carbocycles. The first-order valence-corrected chi connectivity index (χ1v) is 8.81. The third-order valence-corrected chi connectivity index (χ3v) is 4.73. The van der Waals surface area contributed by atoms with Crippen molar-refractivity contribution in [3.8, 4) is 5.75 Å². The molecule has 2 rings (SSSR count). The Bertz CT molecular complexity index is 381. The Hall–Kier alpha value is -1.02. The number of piperidine rings is 1. The molecule has 1 fully saturated rings. The van der Waals surface area contributed by atoms with Crippen molar-refractivity contribution in [2.24, 2.45) is 0 Å². The van der Waals surface area contributed by atoms with Gasteiger partial charge in [0.1, 0.15) is 5.75 Å². The summed E-state index contributed by atoms with van der Waals surface area (Å²) in [5, 5.41) is 9.42. The lowest BCUT2D eigenvalue weighted by Gasteiger charge is -2.26. The smallest absolute Gasteiger partial charge is 0.115 e. The SMILES string of the molecule is CCCC(CCCCN1CCCCC1)c1ccc(O)cc1. The van der Waals surface area contributed by atoms with E-state index in [2.05, 4.69) is 24.0 Å². The number of phenols is 1. The molecule has 2 heteroatoms. The molecule has 1 saturated heterocycles. The van der Waals surface area contributed by atoms with Gasteiger partial charge in [-0.05, 0) is 75.4 Å². The number of hydrogen-bond acceptors (Lipinski definition) is 2. The van der Waals surface area contributed by atoms with Crippen LogP contribution >= 0.6 is 0 Å². The Labute approximate surface area is 130 Å². The lowest BCUT2D eigenvalue weighted by Crippen LogP contribution is -2.30. The molecule has 0 aliphatic carbocycles. The van der Waals surface area contributed by atoms with E-state index in [1.54, 1.807) is 0 Å². The predicted octanol–water partition coefficient (Wildman–Crippen LogP) is 4.93. The second kappa shape index (κ2) is 9.09. The number of likely N-dealkylation sites (tertiary alicyclic amines) is 1. The monoisotopic (exact) mass is 289 g/mol. The van der Waals surface area contributed by atoms with E-state index in [1.807, 2.05) is 12.1 Å². The van der Waals surface area contributed by atoms with E-state index in [1.165, 1.54) is 76.6 Å². The van der Waals surface area contributed by atoms with Crippen molar-refractivity contribution in [3.63, 3.8) is 0 Å². The minimum absolute atomic E-state index is 0.374. The molecule has 0 radical (unpaired) electrons. The molecule has 1 atom stereocenters. The Morgan fingerprint density at radius 2 is 1.71 bits per heavy atom. The summed E-state index contributed by atoms with van der Waals surface area (Å²) in [6.07, 6.45) is 10.6. The van der Waals surface area contributed by atoms with Crippen molar-refractivity contribution < 1.29 is 5.11 Å². The van der Waals surface area contributed by atoms with Crippen LogP contribution in [0, 0.1) is 0 Å². The maximum atomic E-state index is 9.42. The normalized spacial score (nSPS) is 17.8. The summed E-state index contributed by atoms with van der Waals surface area (Å²) in [5.74, 6) is 1.04. The average Bonchev–Trinajstić information content (AvgIpc) is 2.52. The molecule has 0 saturated carbocycles. The highest BCUT2D eigenvalue weighted by atomic mass is 16.3. The molecule has 0 bridgehead atoms. The van der Waals surface area contributed by atoms with E-state index in [9.17, 15) is 5.11 Å². The van der Waals surface area contributed by atoms with E-state index in [0.29, 0.717) is 11.7 Å². The first kappa shape index (κ1) is 16.4. The van der Waals surface area contributed by atoms with Crippen molar-refractivity contribution in [1.29, 1.82) is 0 Å². The number of rotatable bonds is 8. The van der Waals surface area contributed by atoms with Gasteiger partial charge in [0.05, 0.1) is 0 Å². The Balaban J connectivity index is 1.73. The van der Waals surface area contributed by atoms with Gasteiger partial charge in [-0.25, -0.2) is 0 Å². The standard InChI is InChI=1S/C19H31NO/c1-2-8-17(18-10-12-19(21)13-11-18)9-4-7-16-20-14-5-3-6-15-20/h10-13,17,21H,2-9,14-16H2,1H3. The molecule has 1 unspecified atom stereocenters. The van der Waals surface area contributed by atoms with Gasteiger partial charge < -0.3 is 10.0 Å². The van der Waals surface area contributed by atoms with Crippen LogP contribution in [0.25, 0.3) is 0 Å². The van der Waals surface area contributed by atoms with Crippen LogP contribution in [0.4, 0.5) is 0 Å². The Kier molecular flexibility index (Phi) is 7.08. The fourth-order valence-electron chi connectivity index (χ4n) is 3.48. The van der Waals surface area contributed by atoms with Crippen LogP contribution in [0.3, 0.4) is 0 Å². The van der Waals surface area contributed by atoms with Crippen LogP contribution < -0.4 is 0 Å². The fourth-order valence-corrected chi connectivity index (χ4v) is 3.48. The van der Waals surface area contributed by atoms with Gasteiger partial charge >= 0.3 is 0 Å². The minimum Gasteiger partial charge on any atom is -0.508 e. The quantitative estimate of drug-likeness (QED) is 0.686. The summed E-state index contributed by atoms with van der Waals surface area (Å²) < 4.78 is 0. The van der Waals surface area contributed by atoms with Crippen molar-refractivity contribution >= 4 is 0 Å². The number of phenolic OH excluding ortho intramolecular Hbond substituents is 1. The second-order valence-corrected chi connectivity index (χ2v) is 6.48. The van der Waals surface area contributed by atoms with Gasteiger partial charge in [-0.15, -0.1) is 0 Å². The largest absolute Gasteiger partial charge is 0.508 e. The first-order chi connectivity index (χ1) is 10.3. The average molecular weight is 289 g/mol.